The summed E-state index contributed by atoms with van der Waals surface area (Å²) in [4.78, 5) is 14.1. The van der Waals surface area contributed by atoms with E-state index in [1.807, 2.05) is 0 Å². The van der Waals surface area contributed by atoms with Gasteiger partial charge in [-0.05, 0) is 57.0 Å². The zero-order chi connectivity index (χ0) is 19.6. The van der Waals surface area contributed by atoms with Gasteiger partial charge in [-0.15, -0.1) is 0 Å². The summed E-state index contributed by atoms with van der Waals surface area (Å²) in [7, 11) is 0. The Labute approximate surface area is 157 Å². The van der Waals surface area contributed by atoms with Crippen molar-refractivity contribution in [3.05, 3.63) is 80.8 Å². The summed E-state index contributed by atoms with van der Waals surface area (Å²) in [5, 5.41) is 14.9. The second-order valence-electron chi connectivity index (χ2n) is 6.41. The number of benzene rings is 1. The van der Waals surface area contributed by atoms with Gasteiger partial charge >= 0.3 is 0 Å². The average Bonchev–Trinajstić information content (AvgIpc) is 2.92. The first-order valence-corrected chi connectivity index (χ1v) is 8.53. The molecule has 0 saturated heterocycles. The standard InChI is InChI=1S/C20H21N5O2/c1-13-6-5-7-19(15(13)3)24-14(2)10-17(16(24)4)11-22-23-20-9-8-18(12-21-20)25(26)27/h5-12H,1-4H3,(H,21,23)/b22-11+. The van der Waals surface area contributed by atoms with E-state index in [1.54, 1.807) is 6.21 Å². The maximum absolute atomic E-state index is 10.7. The molecule has 7 nitrogen and oxygen atoms in total. The number of rotatable bonds is 5. The van der Waals surface area contributed by atoms with Crippen LogP contribution in [0.25, 0.3) is 5.69 Å². The highest BCUT2D eigenvalue weighted by Gasteiger charge is 2.12. The molecule has 1 aromatic carbocycles. The molecular formula is C20H21N5O2. The Hall–Kier alpha value is -3.48. The fourth-order valence-corrected chi connectivity index (χ4v) is 3.00. The van der Waals surface area contributed by atoms with Crippen molar-refractivity contribution in [2.45, 2.75) is 27.7 Å². The second kappa shape index (κ2) is 7.41. The van der Waals surface area contributed by atoms with Crippen LogP contribution in [-0.2, 0) is 0 Å². The normalized spacial score (nSPS) is 11.1. The summed E-state index contributed by atoms with van der Waals surface area (Å²) in [6.45, 7) is 8.35. The molecule has 27 heavy (non-hydrogen) atoms. The molecule has 3 rings (SSSR count). The van der Waals surface area contributed by atoms with E-state index in [0.29, 0.717) is 5.82 Å². The van der Waals surface area contributed by atoms with Crippen molar-refractivity contribution in [1.29, 1.82) is 0 Å². The second-order valence-corrected chi connectivity index (χ2v) is 6.41. The van der Waals surface area contributed by atoms with Gasteiger partial charge in [0.25, 0.3) is 5.69 Å². The number of aromatic nitrogens is 2. The van der Waals surface area contributed by atoms with Crippen molar-refractivity contribution in [3.63, 3.8) is 0 Å². The van der Waals surface area contributed by atoms with E-state index in [1.165, 1.54) is 29.5 Å². The molecule has 0 saturated carbocycles. The summed E-state index contributed by atoms with van der Waals surface area (Å²) in [5.74, 6) is 0.445. The van der Waals surface area contributed by atoms with Gasteiger partial charge in [-0.25, -0.2) is 4.98 Å². The zero-order valence-electron chi connectivity index (χ0n) is 15.7. The van der Waals surface area contributed by atoms with Gasteiger partial charge in [0.2, 0.25) is 0 Å². The zero-order valence-corrected chi connectivity index (χ0v) is 15.7. The molecule has 0 aliphatic heterocycles. The van der Waals surface area contributed by atoms with Gasteiger partial charge in [-0.3, -0.25) is 15.5 Å². The van der Waals surface area contributed by atoms with Crippen molar-refractivity contribution in [1.82, 2.24) is 9.55 Å². The SMILES string of the molecule is Cc1cccc(-n2c(C)cc(/C=N/Nc3ccc([N+](=O)[O-])cn3)c2C)c1C. The molecule has 0 fully saturated rings. The van der Waals surface area contributed by atoms with Crippen LogP contribution < -0.4 is 5.43 Å². The number of hydrogen-bond acceptors (Lipinski definition) is 5. The van der Waals surface area contributed by atoms with E-state index in [9.17, 15) is 10.1 Å². The summed E-state index contributed by atoms with van der Waals surface area (Å²) in [6, 6.07) is 11.3. The van der Waals surface area contributed by atoms with Crippen molar-refractivity contribution in [2.24, 2.45) is 5.10 Å². The predicted octanol–water partition coefficient (Wildman–Crippen LogP) is 4.46. The molecule has 0 unspecified atom stereocenters. The van der Waals surface area contributed by atoms with Crippen LogP contribution in [0.3, 0.4) is 0 Å². The van der Waals surface area contributed by atoms with Crippen LogP contribution in [0.4, 0.5) is 11.5 Å². The van der Waals surface area contributed by atoms with Crippen LogP contribution in [0, 0.1) is 37.8 Å². The van der Waals surface area contributed by atoms with E-state index < -0.39 is 4.92 Å². The highest BCUT2D eigenvalue weighted by atomic mass is 16.6. The van der Waals surface area contributed by atoms with Gasteiger partial charge in [0, 0.05) is 28.7 Å². The van der Waals surface area contributed by atoms with Gasteiger partial charge in [0.05, 0.1) is 11.1 Å². The number of nitro groups is 1. The fraction of sp³-hybridized carbons (Fsp3) is 0.200. The highest BCUT2D eigenvalue weighted by molar-refractivity contribution is 5.82. The minimum Gasteiger partial charge on any atom is -0.318 e. The van der Waals surface area contributed by atoms with E-state index in [0.717, 1.165) is 22.6 Å². The molecular weight excluding hydrogens is 342 g/mol. The molecule has 0 radical (unpaired) electrons. The molecule has 0 spiro atoms. The molecule has 0 aliphatic carbocycles. The number of aryl methyl sites for hydroxylation is 2. The van der Waals surface area contributed by atoms with E-state index in [-0.39, 0.29) is 5.69 Å². The third-order valence-corrected chi connectivity index (χ3v) is 4.63. The monoisotopic (exact) mass is 363 g/mol. The molecule has 7 heteroatoms. The minimum atomic E-state index is -0.484. The molecule has 2 aromatic heterocycles. The summed E-state index contributed by atoms with van der Waals surface area (Å²) >= 11 is 0. The van der Waals surface area contributed by atoms with Gasteiger partial charge in [-0.2, -0.15) is 5.10 Å². The lowest BCUT2D eigenvalue weighted by atomic mass is 10.1. The lowest BCUT2D eigenvalue weighted by Gasteiger charge is -2.14. The van der Waals surface area contributed by atoms with Crippen LogP contribution in [0.5, 0.6) is 0 Å². The first-order chi connectivity index (χ1) is 12.9. The summed E-state index contributed by atoms with van der Waals surface area (Å²) in [6.07, 6.45) is 2.93. The topological polar surface area (TPSA) is 85.3 Å². The molecule has 1 N–H and O–H groups in total. The van der Waals surface area contributed by atoms with E-state index in [2.05, 4.69) is 72.0 Å². The number of anilines is 1. The van der Waals surface area contributed by atoms with Crippen molar-refractivity contribution in [3.8, 4) is 5.69 Å². The maximum atomic E-state index is 10.7. The molecule has 0 atom stereocenters. The quantitative estimate of drug-likeness (QED) is 0.412. The number of hydrogen-bond donors (Lipinski definition) is 1. The highest BCUT2D eigenvalue weighted by Crippen LogP contribution is 2.24. The first kappa shape index (κ1) is 18.3. The van der Waals surface area contributed by atoms with E-state index >= 15 is 0 Å². The van der Waals surface area contributed by atoms with Gasteiger partial charge < -0.3 is 4.57 Å². The van der Waals surface area contributed by atoms with Crippen molar-refractivity contribution in [2.75, 3.05) is 5.43 Å². The number of nitrogens with one attached hydrogen (secondary N) is 1. The Morgan fingerprint density at radius 1 is 1.19 bits per heavy atom. The largest absolute Gasteiger partial charge is 0.318 e. The molecule has 138 valence electrons. The molecule has 3 aromatic rings. The van der Waals surface area contributed by atoms with Gasteiger partial charge in [-0.1, -0.05) is 12.1 Å². The van der Waals surface area contributed by atoms with E-state index in [4.69, 9.17) is 0 Å². The number of hydrazone groups is 1. The van der Waals surface area contributed by atoms with Crippen LogP contribution >= 0.6 is 0 Å². The summed E-state index contributed by atoms with van der Waals surface area (Å²) < 4.78 is 2.22. The Morgan fingerprint density at radius 3 is 2.63 bits per heavy atom. The van der Waals surface area contributed by atoms with Crippen LogP contribution in [0.15, 0.2) is 47.7 Å². The smallest absolute Gasteiger partial charge is 0.287 e. The number of pyridine rings is 1. The maximum Gasteiger partial charge on any atom is 0.287 e. The fourth-order valence-electron chi connectivity index (χ4n) is 3.00. The Kier molecular flexibility index (Phi) is 5.03. The van der Waals surface area contributed by atoms with Crippen LogP contribution in [0.2, 0.25) is 0 Å². The van der Waals surface area contributed by atoms with Gasteiger partial charge in [0.1, 0.15) is 12.0 Å². The first-order valence-electron chi connectivity index (χ1n) is 8.53. The molecule has 2 heterocycles. The molecule has 0 amide bonds. The minimum absolute atomic E-state index is 0.0541. The van der Waals surface area contributed by atoms with Crippen LogP contribution in [-0.4, -0.2) is 20.7 Å². The summed E-state index contributed by atoms with van der Waals surface area (Å²) in [5.41, 5.74) is 9.60. The lowest BCUT2D eigenvalue weighted by molar-refractivity contribution is -0.385. The Bertz CT molecular complexity index is 1020. The van der Waals surface area contributed by atoms with Crippen molar-refractivity contribution >= 4 is 17.7 Å². The lowest BCUT2D eigenvalue weighted by Crippen LogP contribution is -2.03. The third-order valence-electron chi connectivity index (χ3n) is 4.63. The van der Waals surface area contributed by atoms with Crippen LogP contribution in [0.1, 0.15) is 28.1 Å². The molecule has 0 bridgehead atoms. The third kappa shape index (κ3) is 3.72. The Balaban J connectivity index is 1.83. The number of nitrogens with zero attached hydrogens (tertiary/aromatic N) is 4. The molecule has 0 aliphatic rings. The Morgan fingerprint density at radius 2 is 1.96 bits per heavy atom. The van der Waals surface area contributed by atoms with Crippen molar-refractivity contribution < 1.29 is 4.92 Å². The van der Waals surface area contributed by atoms with Gasteiger partial charge in [0.15, 0.2) is 0 Å². The average molecular weight is 363 g/mol. The predicted molar refractivity (Wildman–Crippen MR) is 107 cm³/mol.